The van der Waals surface area contributed by atoms with Gasteiger partial charge >= 0.3 is 0 Å². The molecular formula is C29H25N7O. The van der Waals surface area contributed by atoms with Crippen LogP contribution in [0.15, 0.2) is 90.2 Å². The van der Waals surface area contributed by atoms with Crippen molar-refractivity contribution in [3.8, 4) is 5.69 Å². The van der Waals surface area contributed by atoms with Gasteiger partial charge in [0.25, 0.3) is 5.56 Å². The third-order valence-corrected chi connectivity index (χ3v) is 6.48. The molecule has 6 rings (SSSR count). The van der Waals surface area contributed by atoms with Gasteiger partial charge < -0.3 is 9.88 Å². The summed E-state index contributed by atoms with van der Waals surface area (Å²) in [6.45, 7) is 4.91. The van der Waals surface area contributed by atoms with Crippen molar-refractivity contribution in [1.29, 1.82) is 0 Å². The molecule has 0 fully saturated rings. The van der Waals surface area contributed by atoms with Crippen LogP contribution in [0.5, 0.6) is 0 Å². The Morgan fingerprint density at radius 2 is 1.68 bits per heavy atom. The van der Waals surface area contributed by atoms with Crippen molar-refractivity contribution in [3.63, 3.8) is 0 Å². The van der Waals surface area contributed by atoms with Crippen LogP contribution < -0.4 is 10.9 Å². The number of aryl methyl sites for hydroxylation is 2. The SMILES string of the molecule is Cc1ccc(-n2c(Cn3cnc4c(NCc5ccccc5)ncnc43)nc3cccc(C)c3c2=O)cc1. The van der Waals surface area contributed by atoms with E-state index in [0.717, 1.165) is 22.4 Å². The minimum absolute atomic E-state index is 0.0915. The molecule has 3 aromatic carbocycles. The smallest absolute Gasteiger partial charge is 0.266 e. The Morgan fingerprint density at radius 1 is 0.865 bits per heavy atom. The second-order valence-electron chi connectivity index (χ2n) is 9.08. The van der Waals surface area contributed by atoms with Crippen molar-refractivity contribution >= 4 is 27.9 Å². The molecule has 0 aliphatic carbocycles. The monoisotopic (exact) mass is 487 g/mol. The lowest BCUT2D eigenvalue weighted by atomic mass is 10.1. The molecule has 0 atom stereocenters. The van der Waals surface area contributed by atoms with Crippen molar-refractivity contribution < 1.29 is 0 Å². The summed E-state index contributed by atoms with van der Waals surface area (Å²) in [6, 6.07) is 23.8. The van der Waals surface area contributed by atoms with Crippen molar-refractivity contribution in [2.45, 2.75) is 26.9 Å². The average molecular weight is 488 g/mol. The number of aromatic nitrogens is 6. The Morgan fingerprint density at radius 3 is 2.49 bits per heavy atom. The van der Waals surface area contributed by atoms with Gasteiger partial charge in [-0.05, 0) is 43.2 Å². The highest BCUT2D eigenvalue weighted by Gasteiger charge is 2.17. The predicted octanol–water partition coefficient (Wildman–Crippen LogP) is 4.80. The van der Waals surface area contributed by atoms with E-state index < -0.39 is 0 Å². The molecule has 8 nitrogen and oxygen atoms in total. The lowest BCUT2D eigenvalue weighted by molar-refractivity contribution is 0.718. The maximum absolute atomic E-state index is 13.8. The van der Waals surface area contributed by atoms with Crippen molar-refractivity contribution in [2.75, 3.05) is 5.32 Å². The molecule has 37 heavy (non-hydrogen) atoms. The van der Waals surface area contributed by atoms with E-state index in [0.29, 0.717) is 46.8 Å². The van der Waals surface area contributed by atoms with Gasteiger partial charge in [0.05, 0.1) is 29.5 Å². The molecular weight excluding hydrogens is 462 g/mol. The summed E-state index contributed by atoms with van der Waals surface area (Å²) in [4.78, 5) is 32.2. The Hall–Kier alpha value is -4.85. The molecule has 182 valence electrons. The van der Waals surface area contributed by atoms with Crippen LogP contribution in [0.2, 0.25) is 0 Å². The number of nitrogens with one attached hydrogen (secondary N) is 1. The summed E-state index contributed by atoms with van der Waals surface area (Å²) in [5.41, 5.74) is 5.85. The van der Waals surface area contributed by atoms with Gasteiger partial charge in [0.2, 0.25) is 0 Å². The molecule has 1 N–H and O–H groups in total. The summed E-state index contributed by atoms with van der Waals surface area (Å²) in [7, 11) is 0. The number of hydrogen-bond donors (Lipinski definition) is 1. The zero-order chi connectivity index (χ0) is 25.4. The second-order valence-corrected chi connectivity index (χ2v) is 9.08. The van der Waals surface area contributed by atoms with E-state index in [1.807, 2.05) is 79.1 Å². The number of rotatable bonds is 6. The summed E-state index contributed by atoms with van der Waals surface area (Å²) < 4.78 is 3.59. The first-order valence-electron chi connectivity index (χ1n) is 12.1. The number of anilines is 1. The summed E-state index contributed by atoms with van der Waals surface area (Å²) in [5.74, 6) is 1.26. The van der Waals surface area contributed by atoms with Crippen LogP contribution >= 0.6 is 0 Å². The molecule has 3 heterocycles. The largest absolute Gasteiger partial charge is 0.364 e. The molecule has 0 saturated carbocycles. The Balaban J connectivity index is 1.44. The van der Waals surface area contributed by atoms with Crippen LogP contribution in [0.25, 0.3) is 27.8 Å². The zero-order valence-electron chi connectivity index (χ0n) is 20.6. The van der Waals surface area contributed by atoms with Crippen LogP contribution in [0.4, 0.5) is 5.82 Å². The molecule has 6 aromatic rings. The number of hydrogen-bond acceptors (Lipinski definition) is 6. The van der Waals surface area contributed by atoms with Gasteiger partial charge in [0, 0.05) is 6.54 Å². The normalized spacial score (nSPS) is 11.3. The number of nitrogens with zero attached hydrogens (tertiary/aromatic N) is 6. The lowest BCUT2D eigenvalue weighted by Gasteiger charge is -2.15. The first-order valence-corrected chi connectivity index (χ1v) is 12.1. The molecule has 0 aliphatic heterocycles. The highest BCUT2D eigenvalue weighted by atomic mass is 16.1. The Kier molecular flexibility index (Phi) is 5.69. The summed E-state index contributed by atoms with van der Waals surface area (Å²) >= 11 is 0. The van der Waals surface area contributed by atoms with Crippen LogP contribution in [0, 0.1) is 13.8 Å². The topological polar surface area (TPSA) is 90.5 Å². The fourth-order valence-corrected chi connectivity index (χ4v) is 4.57. The maximum atomic E-state index is 13.8. The van der Waals surface area contributed by atoms with Gasteiger partial charge in [0.1, 0.15) is 17.7 Å². The average Bonchev–Trinajstić information content (AvgIpc) is 3.32. The zero-order valence-corrected chi connectivity index (χ0v) is 20.6. The first-order chi connectivity index (χ1) is 18.1. The quantitative estimate of drug-likeness (QED) is 0.363. The molecule has 0 unspecified atom stereocenters. The molecule has 0 bridgehead atoms. The number of imidazole rings is 1. The van der Waals surface area contributed by atoms with Crippen molar-refractivity contribution in [1.82, 2.24) is 29.1 Å². The maximum Gasteiger partial charge on any atom is 0.266 e. The fraction of sp³-hybridized carbons (Fsp3) is 0.138. The number of benzene rings is 3. The minimum atomic E-state index is -0.0915. The highest BCUT2D eigenvalue weighted by molar-refractivity contribution is 5.83. The fourth-order valence-electron chi connectivity index (χ4n) is 4.57. The van der Waals surface area contributed by atoms with Crippen LogP contribution in [-0.4, -0.2) is 29.1 Å². The van der Waals surface area contributed by atoms with Gasteiger partial charge in [-0.3, -0.25) is 9.36 Å². The third kappa shape index (κ3) is 4.23. The first kappa shape index (κ1) is 22.6. The van der Waals surface area contributed by atoms with Crippen LogP contribution in [0.1, 0.15) is 22.5 Å². The Labute approximate surface area is 213 Å². The second kappa shape index (κ2) is 9.31. The summed E-state index contributed by atoms with van der Waals surface area (Å²) in [5, 5.41) is 3.99. The Bertz CT molecular complexity index is 1790. The van der Waals surface area contributed by atoms with Crippen LogP contribution in [0.3, 0.4) is 0 Å². The van der Waals surface area contributed by atoms with Gasteiger partial charge in [-0.1, -0.05) is 60.2 Å². The molecule has 0 radical (unpaired) electrons. The van der Waals surface area contributed by atoms with E-state index in [1.54, 1.807) is 10.9 Å². The number of fused-ring (bicyclic) bond motifs is 2. The van der Waals surface area contributed by atoms with E-state index >= 15 is 0 Å². The van der Waals surface area contributed by atoms with E-state index in [4.69, 9.17) is 4.98 Å². The highest BCUT2D eigenvalue weighted by Crippen LogP contribution is 2.21. The third-order valence-electron chi connectivity index (χ3n) is 6.48. The van der Waals surface area contributed by atoms with Crippen LogP contribution in [-0.2, 0) is 13.1 Å². The van der Waals surface area contributed by atoms with Gasteiger partial charge in [-0.25, -0.2) is 19.9 Å². The molecule has 8 heteroatoms. The van der Waals surface area contributed by atoms with Gasteiger partial charge in [-0.2, -0.15) is 0 Å². The van der Waals surface area contributed by atoms with Crippen molar-refractivity contribution in [3.05, 3.63) is 118 Å². The molecule has 0 aliphatic rings. The predicted molar refractivity (Wildman–Crippen MR) is 145 cm³/mol. The van der Waals surface area contributed by atoms with Crippen molar-refractivity contribution in [2.24, 2.45) is 0 Å². The molecule has 3 aromatic heterocycles. The minimum Gasteiger partial charge on any atom is -0.364 e. The van der Waals surface area contributed by atoms with E-state index in [9.17, 15) is 4.79 Å². The van der Waals surface area contributed by atoms with Gasteiger partial charge in [0.15, 0.2) is 11.5 Å². The van der Waals surface area contributed by atoms with E-state index in [2.05, 4.69) is 32.4 Å². The molecule has 0 spiro atoms. The van der Waals surface area contributed by atoms with Gasteiger partial charge in [-0.15, -0.1) is 0 Å². The standard InChI is InChI=1S/C29H25N7O/c1-19-11-13-22(14-12-19)36-24(34-23-10-6-7-20(2)25(23)29(36)37)16-35-18-33-26-27(31-17-32-28(26)35)30-15-21-8-4-3-5-9-21/h3-14,17-18H,15-16H2,1-2H3,(H,30,31,32). The molecule has 0 saturated heterocycles. The lowest BCUT2D eigenvalue weighted by Crippen LogP contribution is -2.25. The molecule has 0 amide bonds. The van der Waals surface area contributed by atoms with E-state index in [1.165, 1.54) is 6.33 Å². The van der Waals surface area contributed by atoms with E-state index in [-0.39, 0.29) is 5.56 Å². The summed E-state index contributed by atoms with van der Waals surface area (Å²) in [6.07, 6.45) is 3.25.